The zero-order chi connectivity index (χ0) is 18.7. The second-order valence-corrected chi connectivity index (χ2v) is 9.89. The van der Waals surface area contributed by atoms with Crippen LogP contribution in [0.25, 0.3) is 0 Å². The van der Waals surface area contributed by atoms with Crippen LogP contribution in [0.3, 0.4) is 0 Å². The fourth-order valence-electron chi connectivity index (χ4n) is 3.85. The Kier molecular flexibility index (Phi) is 6.03. The van der Waals surface area contributed by atoms with E-state index in [9.17, 15) is 13.2 Å². The minimum Gasteiger partial charge on any atom is -0.342 e. The molecule has 0 bridgehead atoms. The first-order valence-electron chi connectivity index (χ1n) is 9.67. The highest BCUT2D eigenvalue weighted by molar-refractivity contribution is 7.88. The maximum absolute atomic E-state index is 12.7. The maximum Gasteiger partial charge on any atom is 0.225 e. The summed E-state index contributed by atoms with van der Waals surface area (Å²) in [4.78, 5) is 14.7. The number of piperidine rings is 2. The monoisotopic (exact) mass is 378 g/mol. The lowest BCUT2D eigenvalue weighted by atomic mass is 9.93. The third-order valence-corrected chi connectivity index (χ3v) is 7.61. The van der Waals surface area contributed by atoms with E-state index in [1.54, 1.807) is 4.31 Å². The zero-order valence-electron chi connectivity index (χ0n) is 15.9. The van der Waals surface area contributed by atoms with Gasteiger partial charge in [-0.3, -0.25) is 4.79 Å². The summed E-state index contributed by atoms with van der Waals surface area (Å²) in [6.07, 6.45) is 3.43. The molecule has 2 saturated heterocycles. The molecule has 0 N–H and O–H groups in total. The number of aryl methyl sites for hydroxylation is 1. The van der Waals surface area contributed by atoms with Crippen molar-refractivity contribution in [3.63, 3.8) is 0 Å². The molecule has 1 amide bonds. The maximum atomic E-state index is 12.7. The quantitative estimate of drug-likeness (QED) is 0.809. The van der Waals surface area contributed by atoms with Crippen molar-refractivity contribution in [1.82, 2.24) is 9.21 Å². The molecule has 0 unspecified atom stereocenters. The molecule has 1 aromatic rings. The van der Waals surface area contributed by atoms with Crippen molar-refractivity contribution in [2.45, 2.75) is 45.3 Å². The van der Waals surface area contributed by atoms with Gasteiger partial charge in [-0.2, -0.15) is 0 Å². The van der Waals surface area contributed by atoms with Gasteiger partial charge in [0.25, 0.3) is 0 Å². The summed E-state index contributed by atoms with van der Waals surface area (Å²) in [6.45, 7) is 6.84. The standard InChI is InChI=1S/C20H30N2O3S/c1-16-3-5-18(6-4-16)15-26(24,25)22-13-9-19(10-14-22)20(23)21-11-7-17(2)8-12-21/h3-6,17,19H,7-15H2,1-2H3. The molecule has 0 radical (unpaired) electrons. The number of rotatable bonds is 4. The van der Waals surface area contributed by atoms with Gasteiger partial charge in [0.2, 0.25) is 15.9 Å². The predicted octanol–water partition coefficient (Wildman–Crippen LogP) is 2.80. The van der Waals surface area contributed by atoms with Crippen molar-refractivity contribution in [3.8, 4) is 0 Å². The van der Waals surface area contributed by atoms with Gasteiger partial charge in [0.15, 0.2) is 0 Å². The van der Waals surface area contributed by atoms with Crippen LogP contribution in [-0.4, -0.2) is 49.7 Å². The molecule has 2 fully saturated rings. The highest BCUT2D eigenvalue weighted by Gasteiger charge is 2.33. The topological polar surface area (TPSA) is 57.7 Å². The van der Waals surface area contributed by atoms with Gasteiger partial charge in [0.05, 0.1) is 5.75 Å². The summed E-state index contributed by atoms with van der Waals surface area (Å²) in [5.74, 6) is 0.949. The molecule has 0 aliphatic carbocycles. The van der Waals surface area contributed by atoms with Crippen molar-refractivity contribution in [3.05, 3.63) is 35.4 Å². The van der Waals surface area contributed by atoms with E-state index in [-0.39, 0.29) is 17.6 Å². The smallest absolute Gasteiger partial charge is 0.225 e. The molecule has 5 nitrogen and oxygen atoms in total. The molecule has 3 rings (SSSR count). The summed E-state index contributed by atoms with van der Waals surface area (Å²) in [5.41, 5.74) is 1.94. The van der Waals surface area contributed by atoms with Crippen LogP contribution in [0.15, 0.2) is 24.3 Å². The van der Waals surface area contributed by atoms with Crippen molar-refractivity contribution in [1.29, 1.82) is 0 Å². The number of nitrogens with zero attached hydrogens (tertiary/aromatic N) is 2. The zero-order valence-corrected chi connectivity index (χ0v) is 16.7. The van der Waals surface area contributed by atoms with Crippen LogP contribution in [0.5, 0.6) is 0 Å². The molecule has 1 aromatic carbocycles. The summed E-state index contributed by atoms with van der Waals surface area (Å²) in [7, 11) is -3.32. The Labute approximate surface area is 157 Å². The Hall–Kier alpha value is -1.40. The lowest BCUT2D eigenvalue weighted by Gasteiger charge is -2.36. The molecule has 6 heteroatoms. The highest BCUT2D eigenvalue weighted by Crippen LogP contribution is 2.25. The Bertz CT molecular complexity index is 714. The van der Waals surface area contributed by atoms with Crippen LogP contribution in [0.2, 0.25) is 0 Å². The van der Waals surface area contributed by atoms with E-state index in [1.165, 1.54) is 0 Å². The molecule has 26 heavy (non-hydrogen) atoms. The fourth-order valence-corrected chi connectivity index (χ4v) is 5.42. The van der Waals surface area contributed by atoms with Crippen LogP contribution < -0.4 is 0 Å². The van der Waals surface area contributed by atoms with Crippen LogP contribution >= 0.6 is 0 Å². The van der Waals surface area contributed by atoms with Crippen LogP contribution in [0.4, 0.5) is 0 Å². The number of carbonyl (C=O) groups excluding carboxylic acids is 1. The number of likely N-dealkylation sites (tertiary alicyclic amines) is 1. The van der Waals surface area contributed by atoms with Gasteiger partial charge in [0.1, 0.15) is 0 Å². The summed E-state index contributed by atoms with van der Waals surface area (Å²) in [6, 6.07) is 7.63. The number of amides is 1. The molecule has 0 saturated carbocycles. The lowest BCUT2D eigenvalue weighted by molar-refractivity contribution is -0.138. The van der Waals surface area contributed by atoms with E-state index in [1.807, 2.05) is 36.1 Å². The van der Waals surface area contributed by atoms with Gasteiger partial charge >= 0.3 is 0 Å². The van der Waals surface area contributed by atoms with Crippen LogP contribution in [0, 0.1) is 18.8 Å². The summed E-state index contributed by atoms with van der Waals surface area (Å²) >= 11 is 0. The Morgan fingerprint density at radius 3 is 2.15 bits per heavy atom. The van der Waals surface area contributed by atoms with E-state index >= 15 is 0 Å². The molecule has 0 spiro atoms. The second kappa shape index (κ2) is 8.09. The lowest BCUT2D eigenvalue weighted by Crippen LogP contribution is -2.46. The van der Waals surface area contributed by atoms with Gasteiger partial charge in [-0.1, -0.05) is 36.8 Å². The van der Waals surface area contributed by atoms with Gasteiger partial charge < -0.3 is 4.90 Å². The van der Waals surface area contributed by atoms with E-state index in [0.29, 0.717) is 31.8 Å². The van der Waals surface area contributed by atoms with Crippen molar-refractivity contribution < 1.29 is 13.2 Å². The van der Waals surface area contributed by atoms with Crippen molar-refractivity contribution in [2.75, 3.05) is 26.2 Å². The molecule has 0 aromatic heterocycles. The normalized spacial score (nSPS) is 21.1. The first kappa shape index (κ1) is 19.4. The molecular formula is C20H30N2O3S. The largest absolute Gasteiger partial charge is 0.342 e. The fraction of sp³-hybridized carbons (Fsp3) is 0.650. The van der Waals surface area contributed by atoms with Gasteiger partial charge in [-0.05, 0) is 44.1 Å². The van der Waals surface area contributed by atoms with Crippen molar-refractivity contribution in [2.24, 2.45) is 11.8 Å². The molecule has 144 valence electrons. The first-order chi connectivity index (χ1) is 12.3. The Balaban J connectivity index is 1.54. The number of hydrogen-bond acceptors (Lipinski definition) is 3. The summed E-state index contributed by atoms with van der Waals surface area (Å²) in [5, 5.41) is 0. The van der Waals surface area contributed by atoms with Crippen molar-refractivity contribution >= 4 is 15.9 Å². The van der Waals surface area contributed by atoms with Gasteiger partial charge in [0, 0.05) is 32.1 Å². The first-order valence-corrected chi connectivity index (χ1v) is 11.3. The molecule has 2 heterocycles. The molecule has 2 aliphatic rings. The van der Waals surface area contributed by atoms with E-state index in [4.69, 9.17) is 0 Å². The van der Waals surface area contributed by atoms with Crippen LogP contribution in [-0.2, 0) is 20.6 Å². The molecule has 0 atom stereocenters. The Morgan fingerprint density at radius 2 is 1.58 bits per heavy atom. The van der Waals surface area contributed by atoms with E-state index < -0.39 is 10.0 Å². The number of hydrogen-bond donors (Lipinski definition) is 0. The highest BCUT2D eigenvalue weighted by atomic mass is 32.2. The molecule has 2 aliphatic heterocycles. The predicted molar refractivity (Wildman–Crippen MR) is 103 cm³/mol. The number of carbonyl (C=O) groups is 1. The van der Waals surface area contributed by atoms with Crippen LogP contribution in [0.1, 0.15) is 43.7 Å². The Morgan fingerprint density at radius 1 is 1.00 bits per heavy atom. The van der Waals surface area contributed by atoms with Gasteiger partial charge in [-0.25, -0.2) is 12.7 Å². The van der Waals surface area contributed by atoms with Gasteiger partial charge in [-0.15, -0.1) is 0 Å². The summed E-state index contributed by atoms with van der Waals surface area (Å²) < 4.78 is 26.9. The minimum atomic E-state index is -3.32. The minimum absolute atomic E-state index is 0.0192. The third-order valence-electron chi connectivity index (χ3n) is 5.76. The SMILES string of the molecule is Cc1ccc(CS(=O)(=O)N2CCC(C(=O)N3CCC(C)CC3)CC2)cc1. The third kappa shape index (κ3) is 4.65. The van der Waals surface area contributed by atoms with E-state index in [2.05, 4.69) is 6.92 Å². The second-order valence-electron chi connectivity index (χ2n) is 7.92. The molecular weight excluding hydrogens is 348 g/mol. The average Bonchev–Trinajstić information content (AvgIpc) is 2.64. The number of sulfonamides is 1. The average molecular weight is 379 g/mol. The van der Waals surface area contributed by atoms with E-state index in [0.717, 1.165) is 37.1 Å². The number of benzene rings is 1.